The van der Waals surface area contributed by atoms with Crippen molar-refractivity contribution >= 4 is 46.9 Å². The van der Waals surface area contributed by atoms with Gasteiger partial charge in [-0.15, -0.1) is 11.3 Å². The van der Waals surface area contributed by atoms with E-state index in [-0.39, 0.29) is 35.0 Å². The number of amidine groups is 1. The van der Waals surface area contributed by atoms with Gasteiger partial charge in [-0.1, -0.05) is 17.7 Å². The number of methoxy groups -OCH3 is 2. The number of aliphatic imine (C=N–C) groups is 2. The van der Waals surface area contributed by atoms with Crippen LogP contribution in [0.5, 0.6) is 0 Å². The van der Waals surface area contributed by atoms with E-state index in [0.29, 0.717) is 54.3 Å². The largest absolute Gasteiger partial charge is 0.469 e. The first-order valence-corrected chi connectivity index (χ1v) is 14.3. The summed E-state index contributed by atoms with van der Waals surface area (Å²) in [6, 6.07) is 1.19. The Morgan fingerprint density at radius 1 is 1.24 bits per heavy atom. The van der Waals surface area contributed by atoms with Crippen molar-refractivity contribution in [3.8, 4) is 0 Å². The molecule has 41 heavy (non-hydrogen) atoms. The van der Waals surface area contributed by atoms with Crippen LogP contribution in [0.2, 0.25) is 5.02 Å². The number of benzene rings is 1. The number of nitrogens with two attached hydrogens (primary N) is 1. The zero-order valence-electron chi connectivity index (χ0n) is 22.3. The zero-order valence-corrected chi connectivity index (χ0v) is 23.9. The van der Waals surface area contributed by atoms with E-state index in [9.17, 15) is 18.4 Å². The van der Waals surface area contributed by atoms with Gasteiger partial charge in [0.05, 0.1) is 36.8 Å². The Balaban J connectivity index is 1.51. The number of aromatic nitrogens is 1. The maximum absolute atomic E-state index is 14.6. The first kappa shape index (κ1) is 28.9. The van der Waals surface area contributed by atoms with Crippen molar-refractivity contribution in [2.75, 3.05) is 14.2 Å². The summed E-state index contributed by atoms with van der Waals surface area (Å²) < 4.78 is 38.5. The van der Waals surface area contributed by atoms with E-state index in [1.165, 1.54) is 31.6 Å². The Labute approximate surface area is 244 Å². The number of nitrogens with zero attached hydrogens (tertiary/aromatic N) is 3. The molecule has 13 heteroatoms. The molecule has 0 bridgehead atoms. The van der Waals surface area contributed by atoms with Crippen molar-refractivity contribution in [2.24, 2.45) is 27.6 Å². The lowest BCUT2D eigenvalue weighted by Gasteiger charge is -2.34. The van der Waals surface area contributed by atoms with Gasteiger partial charge in [-0.2, -0.15) is 0 Å². The highest BCUT2D eigenvalue weighted by Crippen LogP contribution is 2.42. The lowest BCUT2D eigenvalue weighted by Crippen LogP contribution is -2.38. The molecule has 0 spiro atoms. The monoisotopic (exact) mass is 603 g/mol. The maximum atomic E-state index is 14.6. The highest BCUT2D eigenvalue weighted by atomic mass is 35.5. The molecule has 9 nitrogen and oxygen atoms in total. The van der Waals surface area contributed by atoms with E-state index in [0.717, 1.165) is 11.6 Å². The Morgan fingerprint density at radius 3 is 2.71 bits per heavy atom. The zero-order chi connectivity index (χ0) is 29.3. The van der Waals surface area contributed by atoms with E-state index in [1.54, 1.807) is 17.8 Å². The van der Waals surface area contributed by atoms with Crippen LogP contribution in [0.1, 0.15) is 48.7 Å². The molecule has 1 fully saturated rings. The van der Waals surface area contributed by atoms with Gasteiger partial charge < -0.3 is 20.5 Å². The first-order chi connectivity index (χ1) is 19.7. The Morgan fingerprint density at radius 2 is 2.02 bits per heavy atom. The third-order valence-electron chi connectivity index (χ3n) is 7.61. The minimum Gasteiger partial charge on any atom is -0.469 e. The second-order valence-electron chi connectivity index (χ2n) is 10.0. The molecule has 2 unspecified atom stereocenters. The molecule has 2 aliphatic carbocycles. The number of esters is 2. The lowest BCUT2D eigenvalue weighted by molar-refractivity contribution is -0.148. The van der Waals surface area contributed by atoms with Crippen molar-refractivity contribution in [1.82, 2.24) is 10.3 Å². The fourth-order valence-corrected chi connectivity index (χ4v) is 6.13. The quantitative estimate of drug-likeness (QED) is 0.268. The predicted molar refractivity (Wildman–Crippen MR) is 151 cm³/mol. The molecule has 0 radical (unpaired) electrons. The molecule has 2 atom stereocenters. The molecule has 1 aromatic heterocycles. The number of ether oxygens (including phenoxy) is 2. The van der Waals surface area contributed by atoms with Crippen LogP contribution >= 0.6 is 22.9 Å². The summed E-state index contributed by atoms with van der Waals surface area (Å²) >= 11 is 7.59. The number of carbonyl (C=O) groups excluding carboxylic acids is 2. The summed E-state index contributed by atoms with van der Waals surface area (Å²) in [5.41, 5.74) is 8.67. The van der Waals surface area contributed by atoms with Gasteiger partial charge in [-0.3, -0.25) is 14.8 Å². The minimum absolute atomic E-state index is 0.000890. The Kier molecular flexibility index (Phi) is 8.50. The van der Waals surface area contributed by atoms with Gasteiger partial charge in [0.25, 0.3) is 0 Å². The van der Waals surface area contributed by atoms with E-state index >= 15 is 0 Å². The lowest BCUT2D eigenvalue weighted by atomic mass is 9.80. The molecule has 3 N–H and O–H groups in total. The number of allylic oxidation sites excluding steroid dienone is 3. The molecule has 0 amide bonds. The molecule has 3 aliphatic rings. The molecule has 2 heterocycles. The molecule has 216 valence electrons. The number of carbonyl (C=O) groups is 2. The number of nitrogens with one attached hydrogen (secondary N) is 1. The fraction of sp³-hybridized carbons (Fsp3) is 0.393. The van der Waals surface area contributed by atoms with Gasteiger partial charge in [-0.25, -0.2) is 18.6 Å². The Hall–Kier alpha value is -3.64. The van der Waals surface area contributed by atoms with Gasteiger partial charge in [0.15, 0.2) is 22.5 Å². The van der Waals surface area contributed by atoms with Crippen LogP contribution in [0.3, 0.4) is 0 Å². The van der Waals surface area contributed by atoms with E-state index in [4.69, 9.17) is 26.8 Å². The van der Waals surface area contributed by atoms with Crippen LogP contribution in [-0.4, -0.2) is 49.2 Å². The van der Waals surface area contributed by atoms with Crippen molar-refractivity contribution in [3.05, 3.63) is 73.5 Å². The summed E-state index contributed by atoms with van der Waals surface area (Å²) in [5, 5.41) is 5.15. The molecule has 0 saturated heterocycles. The van der Waals surface area contributed by atoms with Crippen molar-refractivity contribution in [2.45, 2.75) is 44.2 Å². The van der Waals surface area contributed by atoms with Crippen molar-refractivity contribution < 1.29 is 27.8 Å². The summed E-state index contributed by atoms with van der Waals surface area (Å²) in [4.78, 5) is 38.6. The third kappa shape index (κ3) is 5.76. The molecular formula is C28H28ClF2N5O4S. The summed E-state index contributed by atoms with van der Waals surface area (Å²) in [5.74, 6) is -3.25. The number of thiazole rings is 1. The van der Waals surface area contributed by atoms with Crippen LogP contribution < -0.4 is 11.1 Å². The molecule has 2 aromatic rings. The topological polar surface area (TPSA) is 128 Å². The summed E-state index contributed by atoms with van der Waals surface area (Å²) in [6.45, 7) is 0. The predicted octanol–water partition coefficient (Wildman–Crippen LogP) is 4.63. The number of hydrogen-bond donors (Lipinski definition) is 2. The fourth-order valence-electron chi connectivity index (χ4n) is 5.28. The van der Waals surface area contributed by atoms with Gasteiger partial charge in [0, 0.05) is 40.7 Å². The van der Waals surface area contributed by atoms with Gasteiger partial charge in [-0.05, 0) is 43.7 Å². The first-order valence-electron chi connectivity index (χ1n) is 13.0. The average Bonchev–Trinajstić information content (AvgIpc) is 3.50. The average molecular weight is 604 g/mol. The van der Waals surface area contributed by atoms with Gasteiger partial charge in [0.2, 0.25) is 0 Å². The Bertz CT molecular complexity index is 1480. The molecule has 1 aliphatic heterocycles. The molecule has 1 aromatic carbocycles. The highest BCUT2D eigenvalue weighted by Gasteiger charge is 2.39. The van der Waals surface area contributed by atoms with E-state index < -0.39 is 28.7 Å². The van der Waals surface area contributed by atoms with Crippen LogP contribution in [0.15, 0.2) is 56.2 Å². The smallest absolute Gasteiger partial charge is 0.338 e. The van der Waals surface area contributed by atoms with E-state index in [1.807, 2.05) is 0 Å². The number of rotatable bonds is 7. The summed E-state index contributed by atoms with van der Waals surface area (Å²) in [6.07, 6.45) is 6.19. The second kappa shape index (κ2) is 12.1. The molecular weight excluding hydrogens is 576 g/mol. The van der Waals surface area contributed by atoms with Gasteiger partial charge in [0.1, 0.15) is 6.04 Å². The number of halogens is 3. The molecule has 1 saturated carbocycles. The van der Waals surface area contributed by atoms with Crippen molar-refractivity contribution in [3.63, 3.8) is 0 Å². The van der Waals surface area contributed by atoms with Crippen LogP contribution in [0, 0.1) is 23.5 Å². The SMILES string of the molecule is COC(=O)C1=C(C2CCC(N)=C(C=NC3CC(C(=O)OC)C3)C2)NC(c2nccs2)=NC1c1ccc(F)c(F)c1Cl. The normalized spacial score (nSPS) is 24.6. The van der Waals surface area contributed by atoms with Crippen LogP contribution in [-0.2, 0) is 19.1 Å². The highest BCUT2D eigenvalue weighted by molar-refractivity contribution is 7.11. The van der Waals surface area contributed by atoms with Gasteiger partial charge >= 0.3 is 11.9 Å². The summed E-state index contributed by atoms with van der Waals surface area (Å²) in [7, 11) is 2.62. The number of hydrogen-bond acceptors (Lipinski definition) is 10. The van der Waals surface area contributed by atoms with Crippen molar-refractivity contribution in [1.29, 1.82) is 0 Å². The van der Waals surface area contributed by atoms with E-state index in [2.05, 4.69) is 20.3 Å². The third-order valence-corrected chi connectivity index (χ3v) is 8.78. The van der Waals surface area contributed by atoms with Crippen LogP contribution in [0.4, 0.5) is 8.78 Å². The second-order valence-corrected chi connectivity index (χ2v) is 11.3. The van der Waals surface area contributed by atoms with Crippen LogP contribution in [0.25, 0.3) is 0 Å². The standard InChI is InChI=1S/C28H28ClF2N5O4S/c1-39-27(37)14-10-16(11-14)34-12-15-9-13(3-6-19(15)32)23-20(28(38)40-2)24(17-4-5-18(30)22(31)21(17)29)36-25(35-23)26-33-7-8-41-26/h4-5,7-8,12-14,16,24H,3,6,9-11,32H2,1-2H3,(H,35,36). The minimum atomic E-state index is -1.23. The maximum Gasteiger partial charge on any atom is 0.338 e. The molecule has 5 rings (SSSR count).